The van der Waals surface area contributed by atoms with E-state index in [0.717, 1.165) is 4.88 Å². The highest BCUT2D eigenvalue weighted by Gasteiger charge is 2.09. The van der Waals surface area contributed by atoms with E-state index in [1.54, 1.807) is 29.5 Å². The molecule has 0 aliphatic heterocycles. The fourth-order valence-corrected chi connectivity index (χ4v) is 2.34. The average Bonchev–Trinajstić information content (AvgIpc) is 2.84. The second-order valence-electron chi connectivity index (χ2n) is 3.72. The van der Waals surface area contributed by atoms with Gasteiger partial charge in [0.05, 0.1) is 13.2 Å². The molecule has 1 aromatic heterocycles. The van der Waals surface area contributed by atoms with Gasteiger partial charge in [-0.3, -0.25) is 0 Å². The number of halogens is 1. The molecule has 0 spiro atoms. The van der Waals surface area contributed by atoms with E-state index in [1.807, 2.05) is 17.5 Å². The third-order valence-corrected chi connectivity index (χ3v) is 3.50. The van der Waals surface area contributed by atoms with Crippen LogP contribution in [0.25, 0.3) is 0 Å². The Morgan fingerprint density at radius 2 is 2.11 bits per heavy atom. The number of nitrogens with two attached hydrogens (primary N) is 1. The molecule has 94 valence electrons. The minimum Gasteiger partial charge on any atom is -0.389 e. The first-order valence-corrected chi connectivity index (χ1v) is 6.64. The van der Waals surface area contributed by atoms with Gasteiger partial charge < -0.3 is 10.5 Å². The van der Waals surface area contributed by atoms with Crippen LogP contribution in [0, 0.1) is 5.82 Å². The van der Waals surface area contributed by atoms with Gasteiger partial charge in [-0.2, -0.15) is 0 Å². The van der Waals surface area contributed by atoms with Crippen molar-refractivity contribution in [2.45, 2.75) is 13.2 Å². The Balaban J connectivity index is 2.01. The van der Waals surface area contributed by atoms with E-state index in [9.17, 15) is 4.39 Å². The zero-order chi connectivity index (χ0) is 13.0. The summed E-state index contributed by atoms with van der Waals surface area (Å²) in [6.45, 7) is 0.689. The van der Waals surface area contributed by atoms with E-state index in [1.165, 1.54) is 0 Å². The van der Waals surface area contributed by atoms with Crippen LogP contribution in [0.3, 0.4) is 0 Å². The van der Waals surface area contributed by atoms with Crippen molar-refractivity contribution in [2.24, 2.45) is 5.73 Å². The van der Waals surface area contributed by atoms with Gasteiger partial charge in [0, 0.05) is 16.0 Å². The molecule has 0 amide bonds. The molecule has 0 saturated heterocycles. The summed E-state index contributed by atoms with van der Waals surface area (Å²) in [5.74, 6) is -0.392. The molecular weight excluding hydrogens is 269 g/mol. The van der Waals surface area contributed by atoms with Crippen LogP contribution in [-0.4, -0.2) is 4.99 Å². The van der Waals surface area contributed by atoms with Gasteiger partial charge in [0.25, 0.3) is 0 Å². The lowest BCUT2D eigenvalue weighted by atomic mass is 10.1. The van der Waals surface area contributed by atoms with Crippen molar-refractivity contribution < 1.29 is 9.13 Å². The van der Waals surface area contributed by atoms with E-state index in [4.69, 9.17) is 22.7 Å². The van der Waals surface area contributed by atoms with Gasteiger partial charge in [0.1, 0.15) is 10.8 Å². The summed E-state index contributed by atoms with van der Waals surface area (Å²) in [5, 5.41) is 1.98. The summed E-state index contributed by atoms with van der Waals surface area (Å²) < 4.78 is 19.4. The molecule has 0 aliphatic carbocycles. The Bertz CT molecular complexity index is 540. The molecule has 5 heteroatoms. The lowest BCUT2D eigenvalue weighted by molar-refractivity contribution is 0.107. The molecule has 0 radical (unpaired) electrons. The summed E-state index contributed by atoms with van der Waals surface area (Å²) in [6, 6.07) is 8.90. The van der Waals surface area contributed by atoms with Crippen LogP contribution in [0.4, 0.5) is 4.39 Å². The SMILES string of the molecule is NC(=S)c1cccc(COCc2cccs2)c1F. The predicted molar refractivity (Wildman–Crippen MR) is 75.1 cm³/mol. The van der Waals surface area contributed by atoms with Crippen molar-refractivity contribution in [1.82, 2.24) is 0 Å². The smallest absolute Gasteiger partial charge is 0.138 e. The normalized spacial score (nSPS) is 10.5. The summed E-state index contributed by atoms with van der Waals surface area (Å²) in [7, 11) is 0. The predicted octanol–water partition coefficient (Wildman–Crippen LogP) is 3.24. The molecule has 2 aromatic rings. The first-order chi connectivity index (χ1) is 8.68. The van der Waals surface area contributed by atoms with Crippen LogP contribution in [0.2, 0.25) is 0 Å². The fraction of sp³-hybridized carbons (Fsp3) is 0.154. The van der Waals surface area contributed by atoms with Crippen molar-refractivity contribution in [3.8, 4) is 0 Å². The van der Waals surface area contributed by atoms with Crippen LogP contribution in [-0.2, 0) is 18.0 Å². The molecule has 18 heavy (non-hydrogen) atoms. The Morgan fingerprint density at radius 1 is 1.28 bits per heavy atom. The molecule has 0 bridgehead atoms. The minimum atomic E-state index is -0.392. The Hall–Kier alpha value is -1.30. The van der Waals surface area contributed by atoms with Crippen LogP contribution >= 0.6 is 23.6 Å². The maximum atomic E-state index is 13.9. The van der Waals surface area contributed by atoms with Crippen molar-refractivity contribution in [2.75, 3.05) is 0 Å². The maximum Gasteiger partial charge on any atom is 0.138 e. The molecule has 2 nitrogen and oxygen atoms in total. The molecule has 0 aliphatic rings. The van der Waals surface area contributed by atoms with Crippen molar-refractivity contribution in [3.63, 3.8) is 0 Å². The van der Waals surface area contributed by atoms with Crippen molar-refractivity contribution >= 4 is 28.5 Å². The van der Waals surface area contributed by atoms with Crippen molar-refractivity contribution in [1.29, 1.82) is 0 Å². The number of hydrogen-bond donors (Lipinski definition) is 1. The molecule has 1 aromatic carbocycles. The van der Waals surface area contributed by atoms with E-state index < -0.39 is 5.82 Å². The van der Waals surface area contributed by atoms with Gasteiger partial charge in [0.15, 0.2) is 0 Å². The highest BCUT2D eigenvalue weighted by atomic mass is 32.1. The zero-order valence-electron chi connectivity index (χ0n) is 9.56. The van der Waals surface area contributed by atoms with Gasteiger partial charge in [-0.25, -0.2) is 4.39 Å². The zero-order valence-corrected chi connectivity index (χ0v) is 11.2. The Kier molecular flexibility index (Phi) is 4.41. The largest absolute Gasteiger partial charge is 0.389 e. The van der Waals surface area contributed by atoms with Gasteiger partial charge in [-0.15, -0.1) is 11.3 Å². The highest BCUT2D eigenvalue weighted by molar-refractivity contribution is 7.80. The summed E-state index contributed by atoms with van der Waals surface area (Å²) >= 11 is 6.40. The number of thiophene rings is 1. The van der Waals surface area contributed by atoms with Gasteiger partial charge in [-0.05, 0) is 17.5 Å². The lowest BCUT2D eigenvalue weighted by Crippen LogP contribution is -2.13. The number of rotatable bonds is 5. The molecule has 0 fully saturated rings. The Morgan fingerprint density at radius 3 is 2.78 bits per heavy atom. The first kappa shape index (κ1) is 13.1. The lowest BCUT2D eigenvalue weighted by Gasteiger charge is -2.07. The van der Waals surface area contributed by atoms with Gasteiger partial charge in [-0.1, -0.05) is 30.4 Å². The highest BCUT2D eigenvalue weighted by Crippen LogP contribution is 2.16. The van der Waals surface area contributed by atoms with Crippen LogP contribution in [0.1, 0.15) is 16.0 Å². The van der Waals surface area contributed by atoms with Crippen LogP contribution in [0.15, 0.2) is 35.7 Å². The van der Waals surface area contributed by atoms with E-state index >= 15 is 0 Å². The molecular formula is C13H12FNOS2. The molecule has 2 rings (SSSR count). The van der Waals surface area contributed by atoms with Crippen LogP contribution in [0.5, 0.6) is 0 Å². The molecule has 0 unspecified atom stereocenters. The third-order valence-electron chi connectivity index (χ3n) is 2.43. The van der Waals surface area contributed by atoms with Gasteiger partial charge in [0.2, 0.25) is 0 Å². The topological polar surface area (TPSA) is 35.2 Å². The molecule has 0 saturated carbocycles. The second kappa shape index (κ2) is 6.04. The second-order valence-corrected chi connectivity index (χ2v) is 5.19. The number of ether oxygens (including phenoxy) is 1. The minimum absolute atomic E-state index is 0.0626. The van der Waals surface area contributed by atoms with Crippen molar-refractivity contribution in [3.05, 3.63) is 57.5 Å². The Labute approximate surface area is 114 Å². The molecule has 0 atom stereocenters. The van der Waals surface area contributed by atoms with E-state index in [-0.39, 0.29) is 17.2 Å². The quantitative estimate of drug-likeness (QED) is 0.855. The van der Waals surface area contributed by atoms with E-state index in [2.05, 4.69) is 0 Å². The molecule has 2 N–H and O–H groups in total. The number of thiocarbonyl (C=S) groups is 1. The average molecular weight is 281 g/mol. The standard InChI is InChI=1S/C13H12FNOS2/c14-12-9(3-1-5-11(12)13(15)17)7-16-8-10-4-2-6-18-10/h1-6H,7-8H2,(H2,15,17). The van der Waals surface area contributed by atoms with Crippen LogP contribution < -0.4 is 5.73 Å². The number of benzene rings is 1. The monoisotopic (exact) mass is 281 g/mol. The summed E-state index contributed by atoms with van der Waals surface area (Å²) in [5.41, 5.74) is 6.18. The van der Waals surface area contributed by atoms with Gasteiger partial charge >= 0.3 is 0 Å². The first-order valence-electron chi connectivity index (χ1n) is 5.36. The molecule has 1 heterocycles. The maximum absolute atomic E-state index is 13.9. The third kappa shape index (κ3) is 3.13. The summed E-state index contributed by atoms with van der Waals surface area (Å²) in [4.78, 5) is 1.17. The summed E-state index contributed by atoms with van der Waals surface area (Å²) in [6.07, 6.45) is 0. The number of hydrogen-bond acceptors (Lipinski definition) is 3. The fourth-order valence-electron chi connectivity index (χ4n) is 1.54. The van der Waals surface area contributed by atoms with E-state index in [0.29, 0.717) is 12.2 Å².